The van der Waals surface area contributed by atoms with Crippen LogP contribution in [0.3, 0.4) is 0 Å². The summed E-state index contributed by atoms with van der Waals surface area (Å²) in [7, 11) is -3.46. The Morgan fingerprint density at radius 1 is 0.967 bits per heavy atom. The Morgan fingerprint density at radius 3 is 2.53 bits per heavy atom. The summed E-state index contributed by atoms with van der Waals surface area (Å²) in [5, 5.41) is 3.02. The van der Waals surface area contributed by atoms with Gasteiger partial charge in [0.15, 0.2) is 0 Å². The second kappa shape index (κ2) is 9.62. The molecule has 1 amide bonds. The van der Waals surface area contributed by atoms with Gasteiger partial charge in [0.25, 0.3) is 0 Å². The topological polar surface area (TPSA) is 69.7 Å². The van der Waals surface area contributed by atoms with Crippen molar-refractivity contribution in [2.75, 3.05) is 39.3 Å². The second-order valence-corrected chi connectivity index (χ2v) is 10.6. The highest BCUT2D eigenvalue weighted by Crippen LogP contribution is 2.26. The predicted molar refractivity (Wildman–Crippen MR) is 118 cm³/mol. The highest BCUT2D eigenvalue weighted by Gasteiger charge is 2.29. The maximum absolute atomic E-state index is 13.0. The van der Waals surface area contributed by atoms with Crippen molar-refractivity contribution in [1.29, 1.82) is 0 Å². The third kappa shape index (κ3) is 5.13. The molecule has 30 heavy (non-hydrogen) atoms. The molecule has 164 valence electrons. The van der Waals surface area contributed by atoms with E-state index in [1.54, 1.807) is 10.4 Å². The molecule has 0 aromatic heterocycles. The molecule has 0 spiro atoms. The molecule has 0 radical (unpaired) electrons. The zero-order valence-corrected chi connectivity index (χ0v) is 18.6. The zero-order valence-electron chi connectivity index (χ0n) is 17.7. The predicted octanol–water partition coefficient (Wildman–Crippen LogP) is 2.49. The number of hydrogen-bond donors (Lipinski definition) is 1. The Labute approximate surface area is 180 Å². The molecule has 1 aliphatic heterocycles. The fourth-order valence-electron chi connectivity index (χ4n) is 4.74. The van der Waals surface area contributed by atoms with Crippen LogP contribution in [0.15, 0.2) is 34.7 Å². The lowest BCUT2D eigenvalue weighted by molar-refractivity contribution is -0.122. The Morgan fingerprint density at radius 2 is 1.77 bits per heavy atom. The molecule has 1 saturated heterocycles. The van der Waals surface area contributed by atoms with E-state index in [-0.39, 0.29) is 5.91 Å². The molecule has 0 bridgehead atoms. The van der Waals surface area contributed by atoms with Crippen LogP contribution in [-0.2, 0) is 27.7 Å². The van der Waals surface area contributed by atoms with Crippen molar-refractivity contribution >= 4 is 15.9 Å². The summed E-state index contributed by atoms with van der Waals surface area (Å²) in [5.74, 6) is 0.0290. The lowest BCUT2D eigenvalue weighted by Gasteiger charge is -2.33. The standard InChI is InChI=1S/C23H33N3O3S/c27-23(24-12-11-19-5-2-1-3-6-19)18-25-13-15-26(16-14-25)30(28,29)22-10-9-20-7-4-8-21(20)17-22/h5,9-10,17H,1-4,6-8,11-16,18H2,(H,24,27). The van der Waals surface area contributed by atoms with Crippen LogP contribution in [0.25, 0.3) is 0 Å². The quantitative estimate of drug-likeness (QED) is 0.674. The van der Waals surface area contributed by atoms with Crippen LogP contribution < -0.4 is 5.32 Å². The van der Waals surface area contributed by atoms with Gasteiger partial charge in [-0.15, -0.1) is 0 Å². The van der Waals surface area contributed by atoms with Crippen LogP contribution in [0, 0.1) is 0 Å². The molecule has 3 aliphatic rings. The number of rotatable bonds is 7. The van der Waals surface area contributed by atoms with Crippen molar-refractivity contribution in [3.8, 4) is 0 Å². The fraction of sp³-hybridized carbons (Fsp3) is 0.609. The minimum Gasteiger partial charge on any atom is -0.355 e. The third-order valence-corrected chi connectivity index (χ3v) is 8.45. The van der Waals surface area contributed by atoms with Gasteiger partial charge in [0, 0.05) is 32.7 Å². The number of allylic oxidation sites excluding steroid dienone is 1. The number of carbonyl (C=O) groups excluding carboxylic acids is 1. The molecule has 0 unspecified atom stereocenters. The fourth-order valence-corrected chi connectivity index (χ4v) is 6.21. The molecule has 1 heterocycles. The number of hydrogen-bond acceptors (Lipinski definition) is 4. The first-order chi connectivity index (χ1) is 14.5. The molecule has 1 aromatic rings. The van der Waals surface area contributed by atoms with Gasteiger partial charge in [-0.3, -0.25) is 9.69 Å². The number of carbonyl (C=O) groups is 1. The van der Waals surface area contributed by atoms with E-state index in [0.29, 0.717) is 44.2 Å². The van der Waals surface area contributed by atoms with Gasteiger partial charge in [0.05, 0.1) is 11.4 Å². The monoisotopic (exact) mass is 431 g/mol. The molecule has 2 aliphatic carbocycles. The van der Waals surface area contributed by atoms with E-state index in [0.717, 1.165) is 32.1 Å². The summed E-state index contributed by atoms with van der Waals surface area (Å²) < 4.78 is 27.6. The summed E-state index contributed by atoms with van der Waals surface area (Å²) in [6.07, 6.45) is 11.3. The molecule has 4 rings (SSSR count). The molecule has 0 atom stereocenters. The van der Waals surface area contributed by atoms with E-state index in [4.69, 9.17) is 0 Å². The van der Waals surface area contributed by atoms with E-state index in [2.05, 4.69) is 11.4 Å². The molecule has 1 aromatic carbocycles. The van der Waals surface area contributed by atoms with Crippen LogP contribution in [0.1, 0.15) is 49.7 Å². The minimum atomic E-state index is -3.46. The first-order valence-electron chi connectivity index (χ1n) is 11.3. The molecule has 1 fully saturated rings. The van der Waals surface area contributed by atoms with Crippen molar-refractivity contribution in [3.63, 3.8) is 0 Å². The summed E-state index contributed by atoms with van der Waals surface area (Å²) in [5.41, 5.74) is 3.92. The first kappa shape index (κ1) is 21.5. The van der Waals surface area contributed by atoms with Crippen LogP contribution in [-0.4, -0.2) is 62.8 Å². The summed E-state index contributed by atoms with van der Waals surface area (Å²) in [6.45, 7) is 3.06. The van der Waals surface area contributed by atoms with Gasteiger partial charge < -0.3 is 5.32 Å². The largest absolute Gasteiger partial charge is 0.355 e. The Kier molecular flexibility index (Phi) is 6.91. The molecule has 6 nitrogen and oxygen atoms in total. The van der Waals surface area contributed by atoms with Crippen molar-refractivity contribution < 1.29 is 13.2 Å². The summed E-state index contributed by atoms with van der Waals surface area (Å²) in [6, 6.07) is 5.58. The molecular formula is C23H33N3O3S. The van der Waals surface area contributed by atoms with E-state index in [1.165, 1.54) is 36.0 Å². The van der Waals surface area contributed by atoms with E-state index in [9.17, 15) is 13.2 Å². The van der Waals surface area contributed by atoms with Gasteiger partial charge in [-0.25, -0.2) is 8.42 Å². The van der Waals surface area contributed by atoms with E-state index < -0.39 is 10.0 Å². The second-order valence-electron chi connectivity index (χ2n) is 8.67. The maximum atomic E-state index is 13.0. The number of sulfonamides is 1. The summed E-state index contributed by atoms with van der Waals surface area (Å²) >= 11 is 0. The third-order valence-electron chi connectivity index (χ3n) is 6.56. The van der Waals surface area contributed by atoms with E-state index >= 15 is 0 Å². The zero-order chi connectivity index (χ0) is 21.0. The number of aryl methyl sites for hydroxylation is 2. The molecular weight excluding hydrogens is 398 g/mol. The first-order valence-corrected chi connectivity index (χ1v) is 12.8. The van der Waals surface area contributed by atoms with Gasteiger partial charge in [-0.2, -0.15) is 4.31 Å². The molecule has 1 N–H and O–H groups in total. The van der Waals surface area contributed by atoms with Crippen LogP contribution in [0.5, 0.6) is 0 Å². The van der Waals surface area contributed by atoms with Crippen LogP contribution in [0.4, 0.5) is 0 Å². The number of amides is 1. The number of piperazine rings is 1. The van der Waals surface area contributed by atoms with Crippen molar-refractivity contribution in [2.45, 2.75) is 56.3 Å². The lowest BCUT2D eigenvalue weighted by Crippen LogP contribution is -2.51. The molecule has 0 saturated carbocycles. The van der Waals surface area contributed by atoms with Gasteiger partial charge in [-0.05, 0) is 74.6 Å². The lowest BCUT2D eigenvalue weighted by atomic mass is 9.97. The SMILES string of the molecule is O=C(CN1CCN(S(=O)(=O)c2ccc3c(c2)CCC3)CC1)NCCC1=CCCCC1. The minimum absolute atomic E-state index is 0.0290. The summed E-state index contributed by atoms with van der Waals surface area (Å²) in [4.78, 5) is 14.7. The highest BCUT2D eigenvalue weighted by atomic mass is 32.2. The van der Waals surface area contributed by atoms with Crippen molar-refractivity contribution in [3.05, 3.63) is 41.0 Å². The Bertz CT molecular complexity index is 902. The average Bonchev–Trinajstić information content (AvgIpc) is 3.23. The Hall–Kier alpha value is -1.70. The normalized spacial score (nSPS) is 20.6. The van der Waals surface area contributed by atoms with Crippen LogP contribution in [0.2, 0.25) is 0 Å². The highest BCUT2D eigenvalue weighted by molar-refractivity contribution is 7.89. The van der Waals surface area contributed by atoms with Gasteiger partial charge >= 0.3 is 0 Å². The average molecular weight is 432 g/mol. The Balaban J connectivity index is 1.23. The van der Waals surface area contributed by atoms with E-state index in [1.807, 2.05) is 17.0 Å². The van der Waals surface area contributed by atoms with Gasteiger partial charge in [0.2, 0.25) is 15.9 Å². The molecule has 7 heteroatoms. The smallest absolute Gasteiger partial charge is 0.243 e. The maximum Gasteiger partial charge on any atom is 0.243 e. The van der Waals surface area contributed by atoms with Crippen LogP contribution >= 0.6 is 0 Å². The van der Waals surface area contributed by atoms with Gasteiger partial charge in [0.1, 0.15) is 0 Å². The number of nitrogens with zero attached hydrogens (tertiary/aromatic N) is 2. The number of benzene rings is 1. The number of fused-ring (bicyclic) bond motifs is 1. The number of nitrogens with one attached hydrogen (secondary N) is 1. The van der Waals surface area contributed by atoms with Crippen molar-refractivity contribution in [1.82, 2.24) is 14.5 Å². The van der Waals surface area contributed by atoms with Crippen molar-refractivity contribution in [2.24, 2.45) is 0 Å². The van der Waals surface area contributed by atoms with Gasteiger partial charge in [-0.1, -0.05) is 17.7 Å².